The Bertz CT molecular complexity index is 1000. The van der Waals surface area contributed by atoms with Crippen LogP contribution in [0.15, 0.2) is 18.2 Å². The van der Waals surface area contributed by atoms with Crippen LogP contribution in [0.4, 0.5) is 20.6 Å². The smallest absolute Gasteiger partial charge is 0.414 e. The molecular formula is C21H22FN5O5. The molecular weight excluding hydrogens is 421 g/mol. The van der Waals surface area contributed by atoms with Gasteiger partial charge in [0.2, 0.25) is 5.91 Å². The molecule has 168 valence electrons. The summed E-state index contributed by atoms with van der Waals surface area (Å²) >= 11 is 0. The van der Waals surface area contributed by atoms with Crippen molar-refractivity contribution in [2.24, 2.45) is 11.8 Å². The fourth-order valence-electron chi connectivity index (χ4n) is 4.03. The van der Waals surface area contributed by atoms with Gasteiger partial charge < -0.3 is 20.1 Å². The first-order chi connectivity index (χ1) is 15.2. The minimum absolute atomic E-state index is 0.0963. The summed E-state index contributed by atoms with van der Waals surface area (Å²) in [4.78, 5) is 37.5. The van der Waals surface area contributed by atoms with Crippen LogP contribution in [-0.2, 0) is 14.3 Å². The Kier molecular flexibility index (Phi) is 6.79. The summed E-state index contributed by atoms with van der Waals surface area (Å²) in [6.07, 6.45) is -0.702. The van der Waals surface area contributed by atoms with Gasteiger partial charge in [-0.25, -0.2) is 9.18 Å². The number of carboxylic acid groups (broad SMARTS) is 1. The second-order valence-electron chi connectivity index (χ2n) is 7.75. The van der Waals surface area contributed by atoms with E-state index in [0.29, 0.717) is 6.42 Å². The molecule has 2 aliphatic rings. The van der Waals surface area contributed by atoms with Crippen LogP contribution in [0.1, 0.15) is 19.8 Å². The normalized spacial score (nSPS) is 23.6. The molecule has 1 aromatic rings. The first kappa shape index (κ1) is 22.8. The van der Waals surface area contributed by atoms with Crippen LogP contribution in [-0.4, -0.2) is 54.9 Å². The highest BCUT2D eigenvalue weighted by atomic mass is 19.1. The number of nitrogens with zero attached hydrogens (tertiary/aromatic N) is 4. The fourth-order valence-corrected chi connectivity index (χ4v) is 4.03. The Hall–Kier alpha value is -3.86. The second kappa shape index (κ2) is 9.52. The van der Waals surface area contributed by atoms with Crippen molar-refractivity contribution in [3.8, 4) is 12.1 Å². The van der Waals surface area contributed by atoms with Crippen molar-refractivity contribution < 1.29 is 28.6 Å². The highest BCUT2D eigenvalue weighted by Gasteiger charge is 2.39. The summed E-state index contributed by atoms with van der Waals surface area (Å²) in [7, 11) is 0. The minimum Gasteiger partial charge on any atom is -0.480 e. The lowest BCUT2D eigenvalue weighted by atomic mass is 9.84. The molecule has 0 radical (unpaired) electrons. The maximum atomic E-state index is 15.1. The van der Waals surface area contributed by atoms with Gasteiger partial charge in [0, 0.05) is 13.5 Å². The van der Waals surface area contributed by atoms with Crippen LogP contribution in [0.25, 0.3) is 0 Å². The fraction of sp³-hybridized carbons (Fsp3) is 0.476. The summed E-state index contributed by atoms with van der Waals surface area (Å²) in [5.41, 5.74) is 0.346. The van der Waals surface area contributed by atoms with E-state index in [2.05, 4.69) is 11.4 Å². The first-order valence-electron chi connectivity index (χ1n) is 10.1. The van der Waals surface area contributed by atoms with Gasteiger partial charge in [-0.3, -0.25) is 14.5 Å². The average molecular weight is 443 g/mol. The number of halogens is 1. The highest BCUT2D eigenvalue weighted by molar-refractivity contribution is 5.90. The molecule has 0 saturated carbocycles. The largest absolute Gasteiger partial charge is 0.480 e. The van der Waals surface area contributed by atoms with E-state index in [1.807, 2.05) is 0 Å². The van der Waals surface area contributed by atoms with Gasteiger partial charge in [0.15, 0.2) is 5.92 Å². The number of anilines is 2. The molecule has 0 bridgehead atoms. The van der Waals surface area contributed by atoms with Crippen LogP contribution in [0, 0.1) is 40.3 Å². The number of rotatable bonds is 6. The molecule has 2 N–H and O–H groups in total. The molecule has 10 nitrogen and oxygen atoms in total. The topological polar surface area (TPSA) is 147 Å². The number of benzene rings is 1. The number of carbonyl (C=O) groups is 3. The lowest BCUT2D eigenvalue weighted by molar-refractivity contribution is -0.140. The Morgan fingerprint density at radius 2 is 2.16 bits per heavy atom. The van der Waals surface area contributed by atoms with Gasteiger partial charge >= 0.3 is 12.1 Å². The van der Waals surface area contributed by atoms with Gasteiger partial charge in [-0.15, -0.1) is 0 Å². The van der Waals surface area contributed by atoms with Crippen molar-refractivity contribution in [1.82, 2.24) is 5.32 Å². The molecule has 0 spiro atoms. The van der Waals surface area contributed by atoms with Crippen LogP contribution in [0.3, 0.4) is 0 Å². The molecule has 1 aromatic carbocycles. The maximum absolute atomic E-state index is 15.1. The number of ether oxygens (including phenoxy) is 1. The van der Waals surface area contributed by atoms with Gasteiger partial charge in [0.25, 0.3) is 0 Å². The molecule has 2 heterocycles. The molecule has 0 aliphatic carbocycles. The van der Waals surface area contributed by atoms with E-state index in [9.17, 15) is 30.0 Å². The molecule has 2 saturated heterocycles. The third-order valence-electron chi connectivity index (χ3n) is 5.62. The number of piperidine rings is 1. The van der Waals surface area contributed by atoms with E-state index in [1.165, 1.54) is 28.9 Å². The first-order valence-corrected chi connectivity index (χ1v) is 10.1. The maximum Gasteiger partial charge on any atom is 0.414 e. The molecule has 32 heavy (non-hydrogen) atoms. The Labute approximate surface area is 183 Å². The zero-order valence-electron chi connectivity index (χ0n) is 17.3. The van der Waals surface area contributed by atoms with Gasteiger partial charge in [0.05, 0.1) is 48.6 Å². The SMILES string of the molecule is CC(=O)NC[C@H]1CN(c2ccc(N3CCC(C#N)CC3C(C#N)C(=O)O)c(F)c2)C(=O)O1. The summed E-state index contributed by atoms with van der Waals surface area (Å²) in [5, 5.41) is 30.6. The quantitative estimate of drug-likeness (QED) is 0.674. The Morgan fingerprint density at radius 3 is 2.75 bits per heavy atom. The van der Waals surface area contributed by atoms with Crippen LogP contribution in [0.5, 0.6) is 0 Å². The predicted molar refractivity (Wildman–Crippen MR) is 109 cm³/mol. The van der Waals surface area contributed by atoms with Crippen molar-refractivity contribution in [2.45, 2.75) is 31.9 Å². The Balaban J connectivity index is 1.83. The third-order valence-corrected chi connectivity index (χ3v) is 5.62. The number of aliphatic carboxylic acids is 1. The van der Waals surface area contributed by atoms with Crippen molar-refractivity contribution in [2.75, 3.05) is 29.4 Å². The highest BCUT2D eigenvalue weighted by Crippen LogP contribution is 2.35. The zero-order chi connectivity index (χ0) is 23.4. The van der Waals surface area contributed by atoms with Gasteiger partial charge in [0.1, 0.15) is 11.9 Å². The standard InChI is InChI=1S/C21H22FN5O5/c1-12(28)25-10-15-11-27(21(31)32-15)14-2-3-18(17(22)7-14)26-5-4-13(8-23)6-19(26)16(9-24)20(29)30/h2-3,7,13,15-16,19H,4-6,10-11H2,1H3,(H,25,28)(H,29,30)/t13?,15-,16?,19?/m0/s1. The van der Waals surface area contributed by atoms with E-state index < -0.39 is 41.9 Å². The number of hydrogen-bond acceptors (Lipinski definition) is 7. The van der Waals surface area contributed by atoms with E-state index in [1.54, 1.807) is 6.07 Å². The van der Waals surface area contributed by atoms with E-state index in [4.69, 9.17) is 4.74 Å². The van der Waals surface area contributed by atoms with Gasteiger partial charge in [-0.05, 0) is 31.0 Å². The number of carboxylic acids is 1. The van der Waals surface area contributed by atoms with E-state index in [-0.39, 0.29) is 43.3 Å². The van der Waals surface area contributed by atoms with Crippen LogP contribution >= 0.6 is 0 Å². The molecule has 3 unspecified atom stereocenters. The summed E-state index contributed by atoms with van der Waals surface area (Å²) in [5.74, 6) is -4.13. The average Bonchev–Trinajstić information content (AvgIpc) is 3.13. The lowest BCUT2D eigenvalue weighted by Gasteiger charge is -2.40. The number of nitrogens with one attached hydrogen (secondary N) is 1. The second-order valence-corrected chi connectivity index (χ2v) is 7.75. The molecule has 2 aliphatic heterocycles. The summed E-state index contributed by atoms with van der Waals surface area (Å²) < 4.78 is 20.3. The lowest BCUT2D eigenvalue weighted by Crippen LogP contribution is -2.49. The van der Waals surface area contributed by atoms with E-state index in [0.717, 1.165) is 6.07 Å². The van der Waals surface area contributed by atoms with Crippen LogP contribution < -0.4 is 15.1 Å². The third kappa shape index (κ3) is 4.72. The van der Waals surface area contributed by atoms with Gasteiger partial charge in [-0.1, -0.05) is 0 Å². The number of nitriles is 2. The molecule has 11 heteroatoms. The molecule has 2 amide bonds. The van der Waals surface area contributed by atoms with Crippen molar-refractivity contribution >= 4 is 29.3 Å². The number of carbonyl (C=O) groups excluding carboxylic acids is 2. The number of hydrogen-bond donors (Lipinski definition) is 2. The minimum atomic E-state index is -1.42. The zero-order valence-corrected chi connectivity index (χ0v) is 17.3. The molecule has 4 atom stereocenters. The molecule has 2 fully saturated rings. The number of cyclic esters (lactones) is 1. The molecule has 0 aromatic heterocycles. The molecule has 3 rings (SSSR count). The van der Waals surface area contributed by atoms with Crippen molar-refractivity contribution in [3.63, 3.8) is 0 Å². The summed E-state index contributed by atoms with van der Waals surface area (Å²) in [6, 6.07) is 7.07. The van der Waals surface area contributed by atoms with Crippen molar-refractivity contribution in [1.29, 1.82) is 10.5 Å². The van der Waals surface area contributed by atoms with Gasteiger partial charge in [-0.2, -0.15) is 10.5 Å². The van der Waals surface area contributed by atoms with Crippen molar-refractivity contribution in [3.05, 3.63) is 24.0 Å². The predicted octanol–water partition coefficient (Wildman–Crippen LogP) is 1.62. The monoisotopic (exact) mass is 443 g/mol. The van der Waals surface area contributed by atoms with Crippen LogP contribution in [0.2, 0.25) is 0 Å². The Morgan fingerprint density at radius 1 is 1.41 bits per heavy atom. The summed E-state index contributed by atoms with van der Waals surface area (Å²) in [6.45, 7) is 1.83. The number of amides is 2. The van der Waals surface area contributed by atoms with E-state index >= 15 is 4.39 Å².